The lowest BCUT2D eigenvalue weighted by Gasteiger charge is -2.11. The predicted molar refractivity (Wildman–Crippen MR) is 94.0 cm³/mol. The first-order chi connectivity index (χ1) is 11.0. The molecule has 2 rings (SSSR count). The molecule has 2 aromatic carbocycles. The van der Waals surface area contributed by atoms with Gasteiger partial charge < -0.3 is 10.6 Å². The Morgan fingerprint density at radius 1 is 0.826 bits per heavy atom. The van der Waals surface area contributed by atoms with E-state index in [0.29, 0.717) is 11.3 Å². The molecule has 0 unspecified atom stereocenters. The standard InChI is InChI=1S/C16H16N4O2S/c1-11(21)17-14-9-7-12(8-10-14)15(22)19-20-16(23)18-13-5-3-2-4-6-13/h2-10H,1H3,(H,17,21)(H,19,22)(H2,18,20,23). The summed E-state index contributed by atoms with van der Waals surface area (Å²) in [6.45, 7) is 1.42. The van der Waals surface area contributed by atoms with Gasteiger partial charge in [-0.05, 0) is 48.6 Å². The van der Waals surface area contributed by atoms with E-state index in [1.807, 2.05) is 30.3 Å². The molecular weight excluding hydrogens is 312 g/mol. The van der Waals surface area contributed by atoms with E-state index in [9.17, 15) is 9.59 Å². The first-order valence-electron chi connectivity index (χ1n) is 6.84. The zero-order valence-electron chi connectivity index (χ0n) is 12.4. The lowest BCUT2D eigenvalue weighted by atomic mass is 10.2. The van der Waals surface area contributed by atoms with E-state index in [1.165, 1.54) is 6.92 Å². The molecule has 0 heterocycles. The third-order valence-corrected chi connectivity index (χ3v) is 2.99. The quantitative estimate of drug-likeness (QED) is 0.513. The molecule has 0 aliphatic carbocycles. The number of anilines is 2. The highest BCUT2D eigenvalue weighted by Crippen LogP contribution is 2.09. The Balaban J connectivity index is 1.84. The maximum absolute atomic E-state index is 12.0. The van der Waals surface area contributed by atoms with Gasteiger partial charge in [0, 0.05) is 23.9 Å². The normalized spacial score (nSPS) is 9.61. The molecule has 0 aliphatic heterocycles. The van der Waals surface area contributed by atoms with E-state index in [-0.39, 0.29) is 16.9 Å². The molecule has 0 radical (unpaired) electrons. The number of thiocarbonyl (C=S) groups is 1. The fourth-order valence-corrected chi connectivity index (χ4v) is 1.95. The topological polar surface area (TPSA) is 82.3 Å². The van der Waals surface area contributed by atoms with E-state index in [2.05, 4.69) is 21.5 Å². The molecular formula is C16H16N4O2S. The summed E-state index contributed by atoms with van der Waals surface area (Å²) in [5.74, 6) is -0.502. The Morgan fingerprint density at radius 2 is 1.43 bits per heavy atom. The second kappa shape index (κ2) is 7.90. The molecule has 0 saturated heterocycles. The van der Waals surface area contributed by atoms with Crippen LogP contribution in [0.25, 0.3) is 0 Å². The summed E-state index contributed by atoms with van der Waals surface area (Å²) in [6.07, 6.45) is 0. The average molecular weight is 328 g/mol. The number of amides is 2. The molecule has 6 nitrogen and oxygen atoms in total. The Bertz CT molecular complexity index is 702. The number of carbonyl (C=O) groups excluding carboxylic acids is 2. The van der Waals surface area contributed by atoms with E-state index in [1.54, 1.807) is 24.3 Å². The zero-order valence-corrected chi connectivity index (χ0v) is 13.2. The predicted octanol–water partition coefficient (Wildman–Crippen LogP) is 2.28. The number of hydrazine groups is 1. The van der Waals surface area contributed by atoms with Gasteiger partial charge in [0.1, 0.15) is 0 Å². The van der Waals surface area contributed by atoms with Gasteiger partial charge in [0.05, 0.1) is 0 Å². The van der Waals surface area contributed by atoms with Crippen molar-refractivity contribution in [3.8, 4) is 0 Å². The second-order valence-corrected chi connectivity index (χ2v) is 5.07. The number of hydrogen-bond acceptors (Lipinski definition) is 3. The van der Waals surface area contributed by atoms with Gasteiger partial charge in [-0.1, -0.05) is 18.2 Å². The minimum Gasteiger partial charge on any atom is -0.331 e. The van der Waals surface area contributed by atoms with Crippen LogP contribution in [0, 0.1) is 0 Å². The summed E-state index contributed by atoms with van der Waals surface area (Å²) in [5.41, 5.74) is 7.01. The van der Waals surface area contributed by atoms with Crippen LogP contribution in [0.3, 0.4) is 0 Å². The van der Waals surface area contributed by atoms with Gasteiger partial charge in [-0.3, -0.25) is 20.4 Å². The number of carbonyl (C=O) groups is 2. The molecule has 0 saturated carbocycles. The Hall–Kier alpha value is -2.93. The highest BCUT2D eigenvalue weighted by molar-refractivity contribution is 7.80. The fourth-order valence-electron chi connectivity index (χ4n) is 1.78. The highest BCUT2D eigenvalue weighted by atomic mass is 32.1. The molecule has 2 aromatic rings. The van der Waals surface area contributed by atoms with Gasteiger partial charge in [-0.15, -0.1) is 0 Å². The van der Waals surface area contributed by atoms with E-state index in [4.69, 9.17) is 12.2 Å². The maximum Gasteiger partial charge on any atom is 0.269 e. The molecule has 4 N–H and O–H groups in total. The van der Waals surface area contributed by atoms with Crippen LogP contribution in [-0.4, -0.2) is 16.9 Å². The maximum atomic E-state index is 12.0. The first-order valence-corrected chi connectivity index (χ1v) is 7.25. The lowest BCUT2D eigenvalue weighted by molar-refractivity contribution is -0.114. The van der Waals surface area contributed by atoms with Crippen LogP contribution in [0.2, 0.25) is 0 Å². The van der Waals surface area contributed by atoms with Crippen molar-refractivity contribution in [1.82, 2.24) is 10.9 Å². The van der Waals surface area contributed by atoms with Crippen LogP contribution in [0.15, 0.2) is 54.6 Å². The number of benzene rings is 2. The van der Waals surface area contributed by atoms with Gasteiger partial charge in [-0.25, -0.2) is 0 Å². The summed E-state index contributed by atoms with van der Waals surface area (Å²) in [6, 6.07) is 15.9. The van der Waals surface area contributed by atoms with Gasteiger partial charge in [0.25, 0.3) is 5.91 Å². The minimum atomic E-state index is -0.336. The van der Waals surface area contributed by atoms with Crippen molar-refractivity contribution in [2.75, 3.05) is 10.6 Å². The third kappa shape index (κ3) is 5.40. The van der Waals surface area contributed by atoms with Crippen molar-refractivity contribution in [2.24, 2.45) is 0 Å². The first kappa shape index (κ1) is 16.4. The Kier molecular flexibility index (Phi) is 5.65. The third-order valence-electron chi connectivity index (χ3n) is 2.79. The van der Waals surface area contributed by atoms with E-state index < -0.39 is 0 Å². The van der Waals surface area contributed by atoms with Gasteiger partial charge in [0.15, 0.2) is 5.11 Å². The van der Waals surface area contributed by atoms with Crippen LogP contribution in [-0.2, 0) is 4.79 Å². The Morgan fingerprint density at radius 3 is 2.04 bits per heavy atom. The highest BCUT2D eigenvalue weighted by Gasteiger charge is 2.06. The van der Waals surface area contributed by atoms with Gasteiger partial charge in [0.2, 0.25) is 5.91 Å². The van der Waals surface area contributed by atoms with Gasteiger partial charge in [-0.2, -0.15) is 0 Å². The van der Waals surface area contributed by atoms with Crippen LogP contribution >= 0.6 is 12.2 Å². The van der Waals surface area contributed by atoms with E-state index in [0.717, 1.165) is 5.69 Å². The van der Waals surface area contributed by atoms with Crippen LogP contribution in [0.1, 0.15) is 17.3 Å². The van der Waals surface area contributed by atoms with Crippen molar-refractivity contribution in [3.05, 3.63) is 60.2 Å². The zero-order chi connectivity index (χ0) is 16.7. The molecule has 0 fully saturated rings. The van der Waals surface area contributed by atoms with Crippen LogP contribution in [0.5, 0.6) is 0 Å². The molecule has 0 spiro atoms. The molecule has 0 aliphatic rings. The average Bonchev–Trinajstić information content (AvgIpc) is 2.54. The van der Waals surface area contributed by atoms with Crippen molar-refractivity contribution in [1.29, 1.82) is 0 Å². The second-order valence-electron chi connectivity index (χ2n) is 4.66. The van der Waals surface area contributed by atoms with Crippen molar-refractivity contribution in [2.45, 2.75) is 6.92 Å². The van der Waals surface area contributed by atoms with Crippen molar-refractivity contribution < 1.29 is 9.59 Å². The largest absolute Gasteiger partial charge is 0.331 e. The summed E-state index contributed by atoms with van der Waals surface area (Å²) in [4.78, 5) is 22.9. The summed E-state index contributed by atoms with van der Waals surface area (Å²) >= 11 is 5.09. The molecule has 0 atom stereocenters. The number of rotatable bonds is 3. The van der Waals surface area contributed by atoms with E-state index >= 15 is 0 Å². The molecule has 0 bridgehead atoms. The van der Waals surface area contributed by atoms with Crippen LogP contribution in [0.4, 0.5) is 11.4 Å². The van der Waals surface area contributed by atoms with Gasteiger partial charge >= 0.3 is 0 Å². The summed E-state index contributed by atoms with van der Waals surface area (Å²) in [5, 5.41) is 5.85. The number of para-hydroxylation sites is 1. The molecule has 23 heavy (non-hydrogen) atoms. The summed E-state index contributed by atoms with van der Waals surface area (Å²) < 4.78 is 0. The number of hydrogen-bond donors (Lipinski definition) is 4. The molecule has 0 aromatic heterocycles. The van der Waals surface area contributed by atoms with Crippen molar-refractivity contribution >= 4 is 40.5 Å². The van der Waals surface area contributed by atoms with Crippen LogP contribution < -0.4 is 21.5 Å². The fraction of sp³-hybridized carbons (Fsp3) is 0.0625. The minimum absolute atomic E-state index is 0.166. The SMILES string of the molecule is CC(=O)Nc1ccc(C(=O)NNC(=S)Nc2ccccc2)cc1. The Labute approximate surface area is 139 Å². The smallest absolute Gasteiger partial charge is 0.269 e. The number of nitrogens with one attached hydrogen (secondary N) is 4. The molecule has 7 heteroatoms. The monoisotopic (exact) mass is 328 g/mol. The molecule has 118 valence electrons. The summed E-state index contributed by atoms with van der Waals surface area (Å²) in [7, 11) is 0. The van der Waals surface area contributed by atoms with Crippen molar-refractivity contribution in [3.63, 3.8) is 0 Å². The lowest BCUT2D eigenvalue weighted by Crippen LogP contribution is -2.43. The molecule has 2 amide bonds.